The van der Waals surface area contributed by atoms with Crippen LogP contribution in [0.25, 0.3) is 0 Å². The predicted molar refractivity (Wildman–Crippen MR) is 56.0 cm³/mol. The molecule has 0 aliphatic rings. The summed E-state index contributed by atoms with van der Waals surface area (Å²) in [6.45, 7) is 2.29. The molecule has 0 aliphatic heterocycles. The van der Waals surface area contributed by atoms with Gasteiger partial charge >= 0.3 is 0 Å². The Hall–Kier alpha value is -1.67. The van der Waals surface area contributed by atoms with Crippen LogP contribution < -0.4 is 4.90 Å². The number of likely N-dealkylation sites (N-methyl/N-ethyl adjacent to an activating group) is 1. The standard InChI is InChI=1S/C11H12F2N2O/c1-2-15(5-6-16)9-4-3-8(7-14)10(12)11(9)13/h3-4,16H,2,5-6H2,1H3. The average Bonchev–Trinajstić information content (AvgIpc) is 2.30. The highest BCUT2D eigenvalue weighted by molar-refractivity contribution is 5.51. The van der Waals surface area contributed by atoms with Gasteiger partial charge in [0, 0.05) is 13.1 Å². The van der Waals surface area contributed by atoms with Crippen LogP contribution in [0.4, 0.5) is 14.5 Å². The van der Waals surface area contributed by atoms with Crippen molar-refractivity contribution >= 4 is 5.69 Å². The van der Waals surface area contributed by atoms with Gasteiger partial charge in [0.25, 0.3) is 0 Å². The van der Waals surface area contributed by atoms with Crippen molar-refractivity contribution in [2.24, 2.45) is 0 Å². The van der Waals surface area contributed by atoms with Crippen LogP contribution in [0.2, 0.25) is 0 Å². The van der Waals surface area contributed by atoms with Crippen LogP contribution >= 0.6 is 0 Å². The van der Waals surface area contributed by atoms with Gasteiger partial charge in [-0.25, -0.2) is 8.78 Å². The smallest absolute Gasteiger partial charge is 0.183 e. The fourth-order valence-electron chi connectivity index (χ4n) is 1.44. The third kappa shape index (κ3) is 2.28. The molecule has 1 aromatic rings. The molecule has 16 heavy (non-hydrogen) atoms. The topological polar surface area (TPSA) is 47.3 Å². The number of anilines is 1. The molecule has 0 bridgehead atoms. The second-order valence-electron chi connectivity index (χ2n) is 3.18. The van der Waals surface area contributed by atoms with E-state index in [0.29, 0.717) is 6.54 Å². The lowest BCUT2D eigenvalue weighted by atomic mass is 10.2. The summed E-state index contributed by atoms with van der Waals surface area (Å²) in [6, 6.07) is 4.14. The molecule has 0 atom stereocenters. The molecule has 5 heteroatoms. The molecule has 1 rings (SSSR count). The monoisotopic (exact) mass is 226 g/mol. The molecule has 0 saturated heterocycles. The molecule has 0 unspecified atom stereocenters. The van der Waals surface area contributed by atoms with E-state index in [1.807, 2.05) is 0 Å². The maximum Gasteiger partial charge on any atom is 0.183 e. The second kappa shape index (κ2) is 5.42. The van der Waals surface area contributed by atoms with Crippen molar-refractivity contribution in [3.8, 4) is 6.07 Å². The van der Waals surface area contributed by atoms with Crippen molar-refractivity contribution in [2.75, 3.05) is 24.6 Å². The largest absolute Gasteiger partial charge is 0.395 e. The fraction of sp³-hybridized carbons (Fsp3) is 0.364. The zero-order valence-electron chi connectivity index (χ0n) is 8.87. The predicted octanol–water partition coefficient (Wildman–Crippen LogP) is 1.66. The fourth-order valence-corrected chi connectivity index (χ4v) is 1.44. The minimum Gasteiger partial charge on any atom is -0.395 e. The normalized spacial score (nSPS) is 9.94. The van der Waals surface area contributed by atoms with Crippen LogP contribution in [0, 0.1) is 23.0 Å². The Morgan fingerprint density at radius 3 is 2.56 bits per heavy atom. The van der Waals surface area contributed by atoms with Crippen molar-refractivity contribution in [3.05, 3.63) is 29.3 Å². The molecule has 0 aromatic heterocycles. The highest BCUT2D eigenvalue weighted by Crippen LogP contribution is 2.23. The van der Waals surface area contributed by atoms with Crippen LogP contribution in [0.3, 0.4) is 0 Å². The number of halogens is 2. The maximum atomic E-state index is 13.6. The minimum atomic E-state index is -1.14. The third-order valence-corrected chi connectivity index (χ3v) is 2.27. The zero-order chi connectivity index (χ0) is 12.1. The number of nitrogens with zero attached hydrogens (tertiary/aromatic N) is 2. The molecule has 86 valence electrons. The molecule has 0 fully saturated rings. The van der Waals surface area contributed by atoms with E-state index in [4.69, 9.17) is 10.4 Å². The van der Waals surface area contributed by atoms with E-state index in [1.165, 1.54) is 17.0 Å². The quantitative estimate of drug-likeness (QED) is 0.849. The first-order chi connectivity index (χ1) is 7.65. The van der Waals surface area contributed by atoms with Gasteiger partial charge in [0.1, 0.15) is 6.07 Å². The van der Waals surface area contributed by atoms with E-state index in [9.17, 15) is 8.78 Å². The van der Waals surface area contributed by atoms with E-state index >= 15 is 0 Å². The number of aliphatic hydroxyl groups excluding tert-OH is 1. The molecule has 0 aliphatic carbocycles. The molecule has 0 saturated carbocycles. The van der Waals surface area contributed by atoms with Crippen LogP contribution in [0.5, 0.6) is 0 Å². The zero-order valence-corrected chi connectivity index (χ0v) is 8.87. The SMILES string of the molecule is CCN(CCO)c1ccc(C#N)c(F)c1F. The number of rotatable bonds is 4. The molecule has 0 heterocycles. The van der Waals surface area contributed by atoms with Gasteiger partial charge in [0.05, 0.1) is 17.9 Å². The molecule has 0 amide bonds. The van der Waals surface area contributed by atoms with E-state index in [-0.39, 0.29) is 24.4 Å². The molecule has 1 N–H and O–H groups in total. The molecule has 0 spiro atoms. The van der Waals surface area contributed by atoms with Gasteiger partial charge in [0.2, 0.25) is 0 Å². The first-order valence-electron chi connectivity index (χ1n) is 4.89. The van der Waals surface area contributed by atoms with Gasteiger partial charge < -0.3 is 10.0 Å². The maximum absolute atomic E-state index is 13.6. The lowest BCUT2D eigenvalue weighted by Crippen LogP contribution is -2.27. The number of aliphatic hydroxyl groups is 1. The first-order valence-corrected chi connectivity index (χ1v) is 4.89. The van der Waals surface area contributed by atoms with E-state index in [1.54, 1.807) is 13.0 Å². The summed E-state index contributed by atoms with van der Waals surface area (Å²) in [5, 5.41) is 17.3. The number of hydrogen-bond acceptors (Lipinski definition) is 3. The highest BCUT2D eigenvalue weighted by Gasteiger charge is 2.16. The molecular formula is C11H12F2N2O. The van der Waals surface area contributed by atoms with E-state index in [0.717, 1.165) is 0 Å². The Morgan fingerprint density at radius 1 is 1.38 bits per heavy atom. The average molecular weight is 226 g/mol. The first kappa shape index (κ1) is 12.4. The van der Waals surface area contributed by atoms with Gasteiger partial charge in [-0.15, -0.1) is 0 Å². The van der Waals surface area contributed by atoms with Gasteiger partial charge in [-0.2, -0.15) is 5.26 Å². The molecule has 3 nitrogen and oxygen atoms in total. The molecule has 1 aromatic carbocycles. The Balaban J connectivity index is 3.16. The molecular weight excluding hydrogens is 214 g/mol. The lowest BCUT2D eigenvalue weighted by Gasteiger charge is -2.22. The number of nitriles is 1. The summed E-state index contributed by atoms with van der Waals surface area (Å²) in [4.78, 5) is 1.50. The summed E-state index contributed by atoms with van der Waals surface area (Å²) >= 11 is 0. The Labute approximate surface area is 92.5 Å². The summed E-state index contributed by atoms with van der Waals surface area (Å²) in [5.74, 6) is -2.19. The third-order valence-electron chi connectivity index (χ3n) is 2.27. The number of benzene rings is 1. The highest BCUT2D eigenvalue weighted by atomic mass is 19.2. The van der Waals surface area contributed by atoms with Gasteiger partial charge in [0.15, 0.2) is 11.6 Å². The van der Waals surface area contributed by atoms with Gasteiger partial charge in [-0.1, -0.05) is 0 Å². The molecule has 0 radical (unpaired) electrons. The summed E-state index contributed by atoms with van der Waals surface area (Å²) < 4.78 is 26.9. The second-order valence-corrected chi connectivity index (χ2v) is 3.18. The summed E-state index contributed by atoms with van der Waals surface area (Å²) in [7, 11) is 0. The van der Waals surface area contributed by atoms with Crippen LogP contribution in [-0.4, -0.2) is 24.8 Å². The van der Waals surface area contributed by atoms with Crippen molar-refractivity contribution < 1.29 is 13.9 Å². The van der Waals surface area contributed by atoms with E-state index in [2.05, 4.69) is 0 Å². The summed E-state index contributed by atoms with van der Waals surface area (Å²) in [6.07, 6.45) is 0. The van der Waals surface area contributed by atoms with Crippen molar-refractivity contribution in [3.63, 3.8) is 0 Å². The van der Waals surface area contributed by atoms with Crippen LogP contribution in [-0.2, 0) is 0 Å². The van der Waals surface area contributed by atoms with Crippen molar-refractivity contribution in [2.45, 2.75) is 6.92 Å². The van der Waals surface area contributed by atoms with E-state index < -0.39 is 11.6 Å². The minimum absolute atomic E-state index is 0.0630. The van der Waals surface area contributed by atoms with Gasteiger partial charge in [-0.05, 0) is 19.1 Å². The van der Waals surface area contributed by atoms with Gasteiger partial charge in [-0.3, -0.25) is 0 Å². The van der Waals surface area contributed by atoms with Crippen LogP contribution in [0.15, 0.2) is 12.1 Å². The lowest BCUT2D eigenvalue weighted by molar-refractivity contribution is 0.302. The summed E-state index contributed by atoms with van der Waals surface area (Å²) in [5.41, 5.74) is -0.255. The van der Waals surface area contributed by atoms with Crippen molar-refractivity contribution in [1.82, 2.24) is 0 Å². The number of hydrogen-bond donors (Lipinski definition) is 1. The Kier molecular flexibility index (Phi) is 4.20. The Bertz CT molecular complexity index is 415. The van der Waals surface area contributed by atoms with Crippen LogP contribution in [0.1, 0.15) is 12.5 Å². The Morgan fingerprint density at radius 2 is 2.06 bits per heavy atom. The van der Waals surface area contributed by atoms with Crippen molar-refractivity contribution in [1.29, 1.82) is 5.26 Å².